The molecule has 5 aliphatic heterocycles. The molecule has 26 fully saturated rings. The van der Waals surface area contributed by atoms with Crippen LogP contribution in [0.2, 0.25) is 0 Å². The van der Waals surface area contributed by atoms with Gasteiger partial charge in [0.2, 0.25) is 0 Å². The number of aliphatic hydroxyl groups is 1. The molecule has 0 spiro atoms. The van der Waals surface area contributed by atoms with Crippen molar-refractivity contribution in [3.63, 3.8) is 0 Å². The summed E-state index contributed by atoms with van der Waals surface area (Å²) in [6.07, 6.45) is 38.9. The zero-order valence-electron chi connectivity index (χ0n) is 84.1. The molecule has 10 unspecified atom stereocenters. The van der Waals surface area contributed by atoms with Crippen molar-refractivity contribution in [1.29, 1.82) is 0 Å². The van der Waals surface area contributed by atoms with E-state index in [9.17, 15) is 5.11 Å². The van der Waals surface area contributed by atoms with Crippen LogP contribution in [-0.4, -0.2) is 380 Å². The summed E-state index contributed by atoms with van der Waals surface area (Å²) in [5.41, 5.74) is 1.47. The molecule has 0 radical (unpaired) electrons. The highest BCUT2D eigenvalue weighted by atomic mass is 16.5. The van der Waals surface area contributed by atoms with Gasteiger partial charge in [0.25, 0.3) is 0 Å². The van der Waals surface area contributed by atoms with Gasteiger partial charge < -0.3 is 58.0 Å². The van der Waals surface area contributed by atoms with Crippen LogP contribution in [0.5, 0.6) is 30.1 Å². The average Bonchev–Trinajstić information content (AvgIpc) is 1.57. The van der Waals surface area contributed by atoms with Crippen molar-refractivity contribution in [2.24, 2.45) is 95.8 Å². The molecule has 5 saturated heterocycles. The number of rotatable bonds is 34. The molecule has 20 bridgehead atoms. The van der Waals surface area contributed by atoms with Gasteiger partial charge in [0, 0.05) is 244 Å². The predicted octanol–water partition coefficient (Wildman–Crippen LogP) is 9.22. The highest BCUT2D eigenvalue weighted by molar-refractivity contribution is 5.31. The van der Waals surface area contributed by atoms with Crippen molar-refractivity contribution in [1.82, 2.24) is 123 Å². The van der Waals surface area contributed by atoms with Crippen LogP contribution in [0, 0.1) is 88.8 Å². The molecule has 0 aromatic carbocycles. The van der Waals surface area contributed by atoms with Gasteiger partial charge >= 0.3 is 30.1 Å². The Bertz CT molecular complexity index is 4650. The number of ether oxygens (including phenoxy) is 6. The Balaban J connectivity index is 0.0000000980. The standard InChI is InChI=1S/C22H37N5O2.C21H35N5O2.C21H33N5O.C20H33N5O.C19H31N5O/c1-25-5-7-26(8-6-25)9-11-29-21-24-23-20(27(21)4-3-10-28-2)22-15-17-12-18(16-22)14-19(22)13-17;1-24-4-6-25(7-5-24)8-10-28-20-23-22-19(26(20)3-2-9-27)21-14-16-11-17(15-21)13-18(21)12-16;1-24-4-6-25(7-5-24)8-9-27-20-23-22-19(26(20)18-2-3-18)21-13-15-10-16(14-21)12-17(21)11-15;1-3-25-18(20-13-15-10-16(14-20)12-17(20)11-15)21-22-19(25)26-9-8-24-6-4-23(2)5-7-24;1-22-3-5-24(6-4-22)7-8-25-18-21-20-17(23(18)2)19-12-14-9-15(13-19)11-16(19)10-14/h17-19H,3-16H2,1-2H3;16-18,27H,2-15H2,1H3;15-18H,2-14H2,1H3;15-17H,3-14H2,1-2H3;14-16H,3-13H2,1-2H3. The Kier molecular flexibility index (Phi) is 28.0. The van der Waals surface area contributed by atoms with E-state index in [2.05, 4.69) is 152 Å². The van der Waals surface area contributed by atoms with Gasteiger partial charge in [-0.2, -0.15) is 0 Å². The Morgan fingerprint density at radius 3 is 0.830 bits per heavy atom. The minimum Gasteiger partial charge on any atom is -0.462 e. The maximum atomic E-state index is 9.41. The summed E-state index contributed by atoms with van der Waals surface area (Å²) in [5, 5.41) is 55.5. The topological polar surface area (TPSA) is 262 Å². The number of hydrogen-bond acceptors (Lipinski definition) is 27. The van der Waals surface area contributed by atoms with Gasteiger partial charge in [-0.3, -0.25) is 47.3 Å². The van der Waals surface area contributed by atoms with Crippen LogP contribution in [0.1, 0.15) is 228 Å². The monoisotopic (exact) mass is 1870 g/mol. The Hall–Kier alpha value is -5.78. The molecule has 10 atom stereocenters. The van der Waals surface area contributed by atoms with Crippen molar-refractivity contribution in [3.8, 4) is 30.1 Å². The minimum absolute atomic E-state index is 0.194. The summed E-state index contributed by atoms with van der Waals surface area (Å²) in [7, 11) is 14.9. The van der Waals surface area contributed by atoms with E-state index in [1.807, 2.05) is 0 Å². The van der Waals surface area contributed by atoms with Crippen LogP contribution in [0.15, 0.2) is 0 Å². The van der Waals surface area contributed by atoms with Crippen molar-refractivity contribution in [2.45, 2.75) is 246 Å². The van der Waals surface area contributed by atoms with E-state index >= 15 is 0 Å². The first-order valence-corrected chi connectivity index (χ1v) is 54.8. The second-order valence-electron chi connectivity index (χ2n) is 48.1. The maximum Gasteiger partial charge on any atom is 0.317 e. The highest BCUT2D eigenvalue weighted by Gasteiger charge is 2.66. The predicted molar refractivity (Wildman–Crippen MR) is 517 cm³/mol. The first kappa shape index (κ1) is 94.1. The zero-order valence-corrected chi connectivity index (χ0v) is 84.1. The van der Waals surface area contributed by atoms with Gasteiger partial charge in [0.15, 0.2) is 0 Å². The molecule has 5 aromatic heterocycles. The SMILES string of the molecule is CCn1c(OCCN2CCN(C)CC2)nnc1C12CC3CC(CC1C3)C2.CN1CCN(CCOc2nnc(C34CC5CC(CC3C5)C4)n2C)CC1.CN1CCN(CCOc2nnc(C34CC5CC(CC3C5)C4)n2C2CC2)CC1.CN1CCN(CCOc2nnc(C34CC5CC(CC3C5)C4)n2CCCO)CC1.COCCCn1c(OCCN2CCN(C)CC2)nnc1C12CC3CC(CC1C3)C2. The minimum atomic E-state index is 0.194. The second-order valence-corrected chi connectivity index (χ2v) is 48.1. The smallest absolute Gasteiger partial charge is 0.317 e. The van der Waals surface area contributed by atoms with Gasteiger partial charge in [0.05, 0.1) is 0 Å². The molecule has 748 valence electrons. The molecule has 1 N–H and O–H groups in total. The third kappa shape index (κ3) is 19.1. The maximum absolute atomic E-state index is 9.41. The van der Waals surface area contributed by atoms with Gasteiger partial charge in [-0.25, -0.2) is 0 Å². The number of likely N-dealkylation sites (N-methyl/N-ethyl adjacent to an activating group) is 5. The quantitative estimate of drug-likeness (QED) is 0.0376. The van der Waals surface area contributed by atoms with Gasteiger partial charge in [-0.05, 0) is 317 Å². The number of nitrogens with zero attached hydrogens (tertiary/aromatic N) is 25. The molecule has 0 amide bonds. The molecule has 26 aliphatic rings. The van der Waals surface area contributed by atoms with Crippen LogP contribution in [-0.2, 0) is 58.5 Å². The molecule has 21 aliphatic carbocycles. The zero-order chi connectivity index (χ0) is 91.7. The Labute approximate surface area is 805 Å². The van der Waals surface area contributed by atoms with Crippen molar-refractivity contribution >= 4 is 0 Å². The summed E-state index contributed by atoms with van der Waals surface area (Å²) in [4.78, 5) is 24.4. The van der Waals surface area contributed by atoms with Crippen LogP contribution < -0.4 is 23.7 Å². The molecule has 5 aromatic rings. The molecule has 32 heteroatoms. The number of aromatic nitrogens is 15. The largest absolute Gasteiger partial charge is 0.462 e. The van der Waals surface area contributed by atoms with E-state index in [1.165, 1.54) is 197 Å². The fourth-order valence-corrected chi connectivity index (χ4v) is 33.3. The summed E-state index contributed by atoms with van der Waals surface area (Å²) >= 11 is 0. The van der Waals surface area contributed by atoms with Crippen LogP contribution in [0.25, 0.3) is 0 Å². The summed E-state index contributed by atoms with van der Waals surface area (Å²) < 4.78 is 47.4. The lowest BCUT2D eigenvalue weighted by Crippen LogP contribution is -2.45. The van der Waals surface area contributed by atoms with Crippen molar-refractivity contribution in [3.05, 3.63) is 29.1 Å². The lowest BCUT2D eigenvalue weighted by atomic mass is 9.75. The fourth-order valence-electron chi connectivity index (χ4n) is 33.3. The number of piperazine rings is 5. The lowest BCUT2D eigenvalue weighted by molar-refractivity contribution is 0.128. The van der Waals surface area contributed by atoms with Crippen molar-refractivity contribution < 1.29 is 33.5 Å². The third-order valence-electron chi connectivity index (χ3n) is 39.5. The number of aliphatic hydroxyl groups excluding tert-OH is 1. The molecule has 32 nitrogen and oxygen atoms in total. The first-order chi connectivity index (χ1) is 65.9. The third-order valence-corrected chi connectivity index (χ3v) is 39.5. The van der Waals surface area contributed by atoms with Crippen LogP contribution in [0.3, 0.4) is 0 Å². The molecular weight excluding hydrogens is 1700 g/mol. The van der Waals surface area contributed by atoms with Gasteiger partial charge in [0.1, 0.15) is 62.2 Å². The molecule has 10 heterocycles. The Morgan fingerprint density at radius 1 is 0.274 bits per heavy atom. The molecular formula is C103H169N25O7. The van der Waals surface area contributed by atoms with Crippen LogP contribution in [0.4, 0.5) is 0 Å². The van der Waals surface area contributed by atoms with E-state index in [0.717, 1.165) is 322 Å². The molecule has 21 saturated carbocycles. The highest BCUT2D eigenvalue weighted by Crippen LogP contribution is 2.71. The number of hydrogen-bond donors (Lipinski definition) is 1. The van der Waals surface area contributed by atoms with E-state index in [0.29, 0.717) is 60.7 Å². The number of methoxy groups -OCH3 is 1. The second kappa shape index (κ2) is 40.2. The average molecular weight is 1870 g/mol. The summed E-state index contributed by atoms with van der Waals surface area (Å²) in [6, 6.07) is 4.26. The lowest BCUT2D eigenvalue weighted by Gasteiger charge is -2.32. The summed E-state index contributed by atoms with van der Waals surface area (Å²) in [5.74, 6) is 19.6. The van der Waals surface area contributed by atoms with E-state index in [4.69, 9.17) is 48.8 Å². The van der Waals surface area contributed by atoms with E-state index < -0.39 is 0 Å². The molecule has 31 rings (SSSR count). The van der Waals surface area contributed by atoms with Crippen molar-refractivity contribution in [2.75, 3.05) is 252 Å². The van der Waals surface area contributed by atoms with Crippen LogP contribution >= 0.6 is 0 Å². The first-order valence-electron chi connectivity index (χ1n) is 54.8. The summed E-state index contributed by atoms with van der Waals surface area (Å²) in [6.45, 7) is 36.9. The molecule has 135 heavy (non-hydrogen) atoms. The Morgan fingerprint density at radius 2 is 0.526 bits per heavy atom. The van der Waals surface area contributed by atoms with Gasteiger partial charge in [-0.15, -0.1) is 25.5 Å². The van der Waals surface area contributed by atoms with Gasteiger partial charge in [-0.1, -0.05) is 25.5 Å². The normalized spacial score (nSPS) is 36.6. The van der Waals surface area contributed by atoms with E-state index in [1.54, 1.807) is 7.11 Å². The van der Waals surface area contributed by atoms with E-state index in [-0.39, 0.29) is 17.4 Å². The fraction of sp³-hybridized carbons (Fsp3) is 0.903.